The van der Waals surface area contributed by atoms with Gasteiger partial charge in [-0.05, 0) is 55.3 Å². The van der Waals surface area contributed by atoms with E-state index in [2.05, 4.69) is 11.6 Å². The van der Waals surface area contributed by atoms with Gasteiger partial charge in [-0.3, -0.25) is 4.72 Å². The fraction of sp³-hybridized carbons (Fsp3) is 0.294. The SMILES string of the molecule is CCCCOc1ccc(S(=O)(=O)Nc2cccc(C)c2)cc1. The maximum Gasteiger partial charge on any atom is 0.261 e. The lowest BCUT2D eigenvalue weighted by Gasteiger charge is -2.10. The average molecular weight is 319 g/mol. The molecular formula is C17H21NO3S. The van der Waals surface area contributed by atoms with E-state index in [9.17, 15) is 8.42 Å². The number of ether oxygens (including phenoxy) is 1. The first-order valence-corrected chi connectivity index (χ1v) is 8.82. The Hall–Kier alpha value is -2.01. The van der Waals surface area contributed by atoms with Crippen molar-refractivity contribution in [3.8, 4) is 5.75 Å². The Morgan fingerprint density at radius 2 is 1.82 bits per heavy atom. The van der Waals surface area contributed by atoms with Crippen molar-refractivity contribution in [1.82, 2.24) is 0 Å². The predicted molar refractivity (Wildman–Crippen MR) is 88.8 cm³/mol. The van der Waals surface area contributed by atoms with E-state index >= 15 is 0 Å². The molecule has 0 aliphatic rings. The number of aryl methyl sites for hydroxylation is 1. The minimum atomic E-state index is -3.58. The molecule has 0 amide bonds. The number of hydrogen-bond acceptors (Lipinski definition) is 3. The smallest absolute Gasteiger partial charge is 0.261 e. The highest BCUT2D eigenvalue weighted by Crippen LogP contribution is 2.20. The number of nitrogens with one attached hydrogen (secondary N) is 1. The molecule has 118 valence electrons. The van der Waals surface area contributed by atoms with Gasteiger partial charge in [0, 0.05) is 5.69 Å². The van der Waals surface area contributed by atoms with Gasteiger partial charge in [0.25, 0.3) is 10.0 Å². The zero-order valence-electron chi connectivity index (χ0n) is 12.9. The van der Waals surface area contributed by atoms with Gasteiger partial charge in [0.05, 0.1) is 11.5 Å². The van der Waals surface area contributed by atoms with Gasteiger partial charge in [-0.25, -0.2) is 8.42 Å². The number of unbranched alkanes of at least 4 members (excludes halogenated alkanes) is 1. The van der Waals surface area contributed by atoms with E-state index in [4.69, 9.17) is 4.74 Å². The molecule has 0 saturated carbocycles. The van der Waals surface area contributed by atoms with Gasteiger partial charge in [0.1, 0.15) is 5.75 Å². The minimum Gasteiger partial charge on any atom is -0.494 e. The Kier molecular flexibility index (Phi) is 5.44. The summed E-state index contributed by atoms with van der Waals surface area (Å²) in [6.45, 7) is 4.65. The van der Waals surface area contributed by atoms with E-state index in [1.165, 1.54) is 0 Å². The summed E-state index contributed by atoms with van der Waals surface area (Å²) in [5.74, 6) is 0.683. The summed E-state index contributed by atoms with van der Waals surface area (Å²) in [6.07, 6.45) is 2.04. The molecule has 2 rings (SSSR count). The molecule has 0 spiro atoms. The Labute approximate surface area is 132 Å². The number of sulfonamides is 1. The third kappa shape index (κ3) is 4.49. The van der Waals surface area contributed by atoms with Crippen LogP contribution in [0.25, 0.3) is 0 Å². The summed E-state index contributed by atoms with van der Waals surface area (Å²) in [6, 6.07) is 13.7. The Balaban J connectivity index is 2.09. The largest absolute Gasteiger partial charge is 0.494 e. The van der Waals surface area contributed by atoms with Crippen molar-refractivity contribution in [3.05, 3.63) is 54.1 Å². The second-order valence-corrected chi connectivity index (χ2v) is 6.83. The quantitative estimate of drug-likeness (QED) is 0.786. The highest BCUT2D eigenvalue weighted by Gasteiger charge is 2.14. The molecule has 0 heterocycles. The van der Waals surface area contributed by atoms with Crippen LogP contribution in [0.2, 0.25) is 0 Å². The predicted octanol–water partition coefficient (Wildman–Crippen LogP) is 3.97. The maximum atomic E-state index is 12.3. The van der Waals surface area contributed by atoms with Crippen LogP contribution in [0.3, 0.4) is 0 Å². The second-order valence-electron chi connectivity index (χ2n) is 5.15. The minimum absolute atomic E-state index is 0.219. The number of benzene rings is 2. The zero-order chi connectivity index (χ0) is 16.0. The summed E-state index contributed by atoms with van der Waals surface area (Å²) in [5, 5.41) is 0. The van der Waals surface area contributed by atoms with Gasteiger partial charge in [0.2, 0.25) is 0 Å². The standard InChI is InChI=1S/C17H21NO3S/c1-3-4-12-21-16-8-10-17(11-9-16)22(19,20)18-15-7-5-6-14(2)13-15/h5-11,13,18H,3-4,12H2,1-2H3. The fourth-order valence-electron chi connectivity index (χ4n) is 1.97. The Bertz CT molecular complexity index is 709. The maximum absolute atomic E-state index is 12.3. The number of hydrogen-bond donors (Lipinski definition) is 1. The summed E-state index contributed by atoms with van der Waals surface area (Å²) in [4.78, 5) is 0.219. The van der Waals surface area contributed by atoms with Gasteiger partial charge in [-0.2, -0.15) is 0 Å². The van der Waals surface area contributed by atoms with E-state index in [1.807, 2.05) is 19.1 Å². The van der Waals surface area contributed by atoms with Crippen molar-refractivity contribution < 1.29 is 13.2 Å². The van der Waals surface area contributed by atoms with E-state index < -0.39 is 10.0 Å². The van der Waals surface area contributed by atoms with E-state index in [-0.39, 0.29) is 4.90 Å². The third-order valence-electron chi connectivity index (χ3n) is 3.17. The van der Waals surface area contributed by atoms with Gasteiger partial charge >= 0.3 is 0 Å². The first kappa shape index (κ1) is 16.4. The third-order valence-corrected chi connectivity index (χ3v) is 4.57. The molecule has 0 atom stereocenters. The number of anilines is 1. The monoisotopic (exact) mass is 319 g/mol. The lowest BCUT2D eigenvalue weighted by molar-refractivity contribution is 0.309. The first-order chi connectivity index (χ1) is 10.5. The summed E-state index contributed by atoms with van der Waals surface area (Å²) < 4.78 is 32.8. The molecule has 0 aliphatic carbocycles. The molecule has 22 heavy (non-hydrogen) atoms. The molecule has 2 aromatic rings. The first-order valence-electron chi connectivity index (χ1n) is 7.33. The van der Waals surface area contributed by atoms with Crippen LogP contribution in [0, 0.1) is 6.92 Å². The highest BCUT2D eigenvalue weighted by atomic mass is 32.2. The molecule has 4 nitrogen and oxygen atoms in total. The molecule has 0 aliphatic heterocycles. The van der Waals surface area contributed by atoms with E-state index in [0.29, 0.717) is 18.0 Å². The highest BCUT2D eigenvalue weighted by molar-refractivity contribution is 7.92. The summed E-state index contributed by atoms with van der Waals surface area (Å²) in [5.41, 5.74) is 1.56. The topological polar surface area (TPSA) is 55.4 Å². The van der Waals surface area contributed by atoms with Crippen LogP contribution in [-0.2, 0) is 10.0 Å². The van der Waals surface area contributed by atoms with Crippen LogP contribution in [0.4, 0.5) is 5.69 Å². The van der Waals surface area contributed by atoms with E-state index in [0.717, 1.165) is 18.4 Å². The van der Waals surface area contributed by atoms with E-state index in [1.54, 1.807) is 36.4 Å². The molecule has 0 fully saturated rings. The van der Waals surface area contributed by atoms with Crippen LogP contribution in [0.1, 0.15) is 25.3 Å². The van der Waals surface area contributed by atoms with Gasteiger partial charge < -0.3 is 4.74 Å². The molecule has 1 N–H and O–H groups in total. The average Bonchev–Trinajstić information content (AvgIpc) is 2.47. The Morgan fingerprint density at radius 3 is 2.45 bits per heavy atom. The van der Waals surface area contributed by atoms with Crippen molar-refractivity contribution in [2.24, 2.45) is 0 Å². The van der Waals surface area contributed by atoms with Gasteiger partial charge in [-0.15, -0.1) is 0 Å². The molecule has 0 unspecified atom stereocenters. The van der Waals surface area contributed by atoms with Gasteiger partial charge in [0.15, 0.2) is 0 Å². The lowest BCUT2D eigenvalue weighted by Crippen LogP contribution is -2.12. The molecule has 0 aromatic heterocycles. The molecule has 2 aromatic carbocycles. The molecule has 5 heteroatoms. The van der Waals surface area contributed by atoms with Crippen molar-refractivity contribution in [3.63, 3.8) is 0 Å². The van der Waals surface area contributed by atoms with Crippen LogP contribution >= 0.6 is 0 Å². The summed E-state index contributed by atoms with van der Waals surface area (Å²) in [7, 11) is -3.58. The molecule has 0 radical (unpaired) electrons. The molecule has 0 bridgehead atoms. The van der Waals surface area contributed by atoms with Crippen LogP contribution < -0.4 is 9.46 Å². The van der Waals surface area contributed by atoms with Crippen molar-refractivity contribution in [2.75, 3.05) is 11.3 Å². The lowest BCUT2D eigenvalue weighted by atomic mass is 10.2. The molecular weight excluding hydrogens is 298 g/mol. The van der Waals surface area contributed by atoms with Crippen molar-refractivity contribution in [1.29, 1.82) is 0 Å². The summed E-state index contributed by atoms with van der Waals surface area (Å²) >= 11 is 0. The van der Waals surface area contributed by atoms with Crippen molar-refractivity contribution >= 4 is 15.7 Å². The van der Waals surface area contributed by atoms with Gasteiger partial charge in [-0.1, -0.05) is 25.5 Å². The van der Waals surface area contributed by atoms with Crippen molar-refractivity contribution in [2.45, 2.75) is 31.6 Å². The normalized spacial score (nSPS) is 11.2. The fourth-order valence-corrected chi connectivity index (χ4v) is 3.02. The molecule has 0 saturated heterocycles. The van der Waals surface area contributed by atoms with Crippen LogP contribution in [0.15, 0.2) is 53.4 Å². The zero-order valence-corrected chi connectivity index (χ0v) is 13.7. The second kappa shape index (κ2) is 7.31. The van der Waals surface area contributed by atoms with Crippen LogP contribution in [-0.4, -0.2) is 15.0 Å². The van der Waals surface area contributed by atoms with Crippen LogP contribution in [0.5, 0.6) is 5.75 Å². The number of rotatable bonds is 7. The Morgan fingerprint density at radius 1 is 1.09 bits per heavy atom.